The van der Waals surface area contributed by atoms with Gasteiger partial charge in [-0.1, -0.05) is 0 Å². The van der Waals surface area contributed by atoms with E-state index in [0.717, 1.165) is 10.4 Å². The molecule has 108 valence electrons. The Morgan fingerprint density at radius 3 is 2.68 bits per heavy atom. The fourth-order valence-corrected chi connectivity index (χ4v) is 2.89. The van der Waals surface area contributed by atoms with Gasteiger partial charge in [0.1, 0.15) is 5.82 Å². The number of hydrogen-bond acceptors (Lipinski definition) is 3. The highest BCUT2D eigenvalue weighted by Crippen LogP contribution is 2.25. The van der Waals surface area contributed by atoms with Gasteiger partial charge in [0.2, 0.25) is 0 Å². The Balaban J connectivity index is 2.92. The fraction of sp³-hybridized carbons (Fsp3) is 0.455. The lowest BCUT2D eigenvalue weighted by Gasteiger charge is -2.19. The number of rotatable bonds is 6. The highest BCUT2D eigenvalue weighted by atomic mass is 79.9. The molecule has 19 heavy (non-hydrogen) atoms. The first-order valence-electron chi connectivity index (χ1n) is 5.67. The maximum atomic E-state index is 13.4. The normalized spacial score (nSPS) is 11.9. The molecule has 3 N–H and O–H groups in total. The minimum Gasteiger partial charge on any atom is -0.330 e. The molecule has 0 saturated carbocycles. The van der Waals surface area contributed by atoms with Gasteiger partial charge in [-0.05, 0) is 53.5 Å². The lowest BCUT2D eigenvalue weighted by molar-refractivity contribution is 0.468. The molecule has 5 nitrogen and oxygen atoms in total. The summed E-state index contributed by atoms with van der Waals surface area (Å²) in [5, 5.41) is 0. The molecule has 0 atom stereocenters. The molecule has 0 aromatic heterocycles. The molecule has 0 unspecified atom stereocenters. The second-order valence-electron chi connectivity index (χ2n) is 4.15. The Morgan fingerprint density at radius 2 is 2.11 bits per heavy atom. The van der Waals surface area contributed by atoms with Crippen LogP contribution < -0.4 is 10.5 Å². The molecule has 0 aliphatic carbocycles. The van der Waals surface area contributed by atoms with E-state index in [1.54, 1.807) is 6.92 Å². The predicted octanol–water partition coefficient (Wildman–Crippen LogP) is 1.83. The highest BCUT2D eigenvalue weighted by molar-refractivity contribution is 9.10. The van der Waals surface area contributed by atoms with Crippen LogP contribution in [0.1, 0.15) is 12.0 Å². The van der Waals surface area contributed by atoms with Gasteiger partial charge in [-0.3, -0.25) is 4.72 Å². The zero-order valence-electron chi connectivity index (χ0n) is 10.8. The van der Waals surface area contributed by atoms with E-state index in [9.17, 15) is 12.8 Å². The van der Waals surface area contributed by atoms with Crippen molar-refractivity contribution in [2.75, 3.05) is 24.9 Å². The Bertz CT molecular complexity index is 551. The number of anilines is 1. The van der Waals surface area contributed by atoms with Gasteiger partial charge in [0.15, 0.2) is 0 Å². The predicted molar refractivity (Wildman–Crippen MR) is 77.7 cm³/mol. The van der Waals surface area contributed by atoms with Crippen molar-refractivity contribution in [1.29, 1.82) is 0 Å². The van der Waals surface area contributed by atoms with Crippen molar-refractivity contribution >= 4 is 31.8 Å². The molecule has 0 fully saturated rings. The Labute approximate surface area is 121 Å². The van der Waals surface area contributed by atoms with E-state index in [1.807, 2.05) is 0 Å². The molecule has 0 aliphatic rings. The Kier molecular flexibility index (Phi) is 5.72. The monoisotopic (exact) mass is 353 g/mol. The van der Waals surface area contributed by atoms with Crippen molar-refractivity contribution in [3.63, 3.8) is 0 Å². The van der Waals surface area contributed by atoms with Gasteiger partial charge in [-0.2, -0.15) is 12.7 Å². The van der Waals surface area contributed by atoms with E-state index in [1.165, 1.54) is 13.1 Å². The van der Waals surface area contributed by atoms with Crippen molar-refractivity contribution < 1.29 is 12.8 Å². The van der Waals surface area contributed by atoms with Gasteiger partial charge in [-0.25, -0.2) is 4.39 Å². The largest absolute Gasteiger partial charge is 0.330 e. The molecular weight excluding hydrogens is 337 g/mol. The Hall–Kier alpha value is -0.700. The summed E-state index contributed by atoms with van der Waals surface area (Å²) >= 11 is 3.05. The zero-order valence-corrected chi connectivity index (χ0v) is 13.2. The first kappa shape index (κ1) is 16.4. The zero-order chi connectivity index (χ0) is 14.6. The van der Waals surface area contributed by atoms with E-state index in [4.69, 9.17) is 5.73 Å². The number of hydrogen-bond donors (Lipinski definition) is 2. The minimum atomic E-state index is -3.69. The van der Waals surface area contributed by atoms with Crippen LogP contribution in [0.25, 0.3) is 0 Å². The minimum absolute atomic E-state index is 0.222. The van der Waals surface area contributed by atoms with E-state index in [2.05, 4.69) is 20.7 Å². The quantitative estimate of drug-likeness (QED) is 0.819. The summed E-state index contributed by atoms with van der Waals surface area (Å²) < 4.78 is 41.2. The summed E-state index contributed by atoms with van der Waals surface area (Å²) in [7, 11) is -2.24. The molecule has 1 aromatic rings. The van der Waals surface area contributed by atoms with Crippen molar-refractivity contribution in [3.05, 3.63) is 28.0 Å². The van der Waals surface area contributed by atoms with Crippen molar-refractivity contribution in [2.45, 2.75) is 13.3 Å². The van der Waals surface area contributed by atoms with E-state index < -0.39 is 16.0 Å². The number of benzene rings is 1. The van der Waals surface area contributed by atoms with Gasteiger partial charge in [0, 0.05) is 13.6 Å². The number of aryl methyl sites for hydroxylation is 1. The van der Waals surface area contributed by atoms with Crippen LogP contribution in [0, 0.1) is 12.7 Å². The smallest absolute Gasteiger partial charge is 0.301 e. The van der Waals surface area contributed by atoms with Crippen LogP contribution in [0.2, 0.25) is 0 Å². The van der Waals surface area contributed by atoms with Crippen molar-refractivity contribution in [2.24, 2.45) is 5.73 Å². The maximum Gasteiger partial charge on any atom is 0.301 e. The van der Waals surface area contributed by atoms with E-state index >= 15 is 0 Å². The molecular formula is C11H17BrFN3O2S. The number of nitrogens with zero attached hydrogens (tertiary/aromatic N) is 1. The molecule has 1 rings (SSSR count). The molecule has 0 amide bonds. The lowest BCUT2D eigenvalue weighted by Crippen LogP contribution is -2.34. The molecule has 0 aliphatic heterocycles. The molecule has 8 heteroatoms. The molecule has 0 heterocycles. The van der Waals surface area contributed by atoms with Crippen LogP contribution >= 0.6 is 15.9 Å². The molecule has 0 radical (unpaired) electrons. The molecule has 1 aromatic carbocycles. The van der Waals surface area contributed by atoms with E-state index in [-0.39, 0.29) is 5.69 Å². The van der Waals surface area contributed by atoms with Crippen LogP contribution in [-0.2, 0) is 10.2 Å². The number of nitrogens with one attached hydrogen (secondary N) is 1. The average molecular weight is 354 g/mol. The average Bonchev–Trinajstić information content (AvgIpc) is 2.32. The number of nitrogens with two attached hydrogens (primary N) is 1. The summed E-state index contributed by atoms with van der Waals surface area (Å²) in [6, 6.07) is 2.67. The summed E-state index contributed by atoms with van der Waals surface area (Å²) in [4.78, 5) is 0. The van der Waals surface area contributed by atoms with Gasteiger partial charge in [-0.15, -0.1) is 0 Å². The van der Waals surface area contributed by atoms with Crippen molar-refractivity contribution in [1.82, 2.24) is 4.31 Å². The van der Waals surface area contributed by atoms with Crippen LogP contribution in [0.3, 0.4) is 0 Å². The third-order valence-electron chi connectivity index (χ3n) is 2.59. The maximum absolute atomic E-state index is 13.4. The van der Waals surface area contributed by atoms with Gasteiger partial charge in [0.05, 0.1) is 10.2 Å². The lowest BCUT2D eigenvalue weighted by atomic mass is 10.2. The molecule has 0 bridgehead atoms. The van der Waals surface area contributed by atoms with Crippen LogP contribution in [0.15, 0.2) is 16.6 Å². The first-order valence-corrected chi connectivity index (χ1v) is 7.91. The SMILES string of the molecule is Cc1cc(Br)c(F)cc1NS(=O)(=O)N(C)CCCN. The van der Waals surface area contributed by atoms with Crippen LogP contribution in [-0.4, -0.2) is 32.9 Å². The van der Waals surface area contributed by atoms with Crippen molar-refractivity contribution in [3.8, 4) is 0 Å². The van der Waals surface area contributed by atoms with Gasteiger partial charge < -0.3 is 5.73 Å². The van der Waals surface area contributed by atoms with Crippen LogP contribution in [0.5, 0.6) is 0 Å². The van der Waals surface area contributed by atoms with E-state index in [0.29, 0.717) is 29.5 Å². The van der Waals surface area contributed by atoms with Gasteiger partial charge in [0.25, 0.3) is 0 Å². The molecule has 0 saturated heterocycles. The molecule has 0 spiro atoms. The topological polar surface area (TPSA) is 75.4 Å². The van der Waals surface area contributed by atoms with Crippen LogP contribution in [0.4, 0.5) is 10.1 Å². The highest BCUT2D eigenvalue weighted by Gasteiger charge is 2.18. The summed E-state index contributed by atoms with van der Waals surface area (Å²) in [6.07, 6.45) is 0.561. The second-order valence-corrected chi connectivity index (χ2v) is 6.78. The summed E-state index contributed by atoms with van der Waals surface area (Å²) in [5.74, 6) is -0.520. The fourth-order valence-electron chi connectivity index (χ4n) is 1.41. The summed E-state index contributed by atoms with van der Waals surface area (Å²) in [5.41, 5.74) is 6.19. The second kappa shape index (κ2) is 6.65. The number of halogens is 2. The summed E-state index contributed by atoms with van der Waals surface area (Å²) in [6.45, 7) is 2.41. The Morgan fingerprint density at radius 1 is 1.47 bits per heavy atom. The van der Waals surface area contributed by atoms with Gasteiger partial charge >= 0.3 is 10.2 Å². The first-order chi connectivity index (χ1) is 8.77. The standard InChI is InChI=1S/C11H17BrFN3O2S/c1-8-6-9(12)10(13)7-11(8)15-19(17,18)16(2)5-3-4-14/h6-7,15H,3-5,14H2,1-2H3. The third-order valence-corrected chi connectivity index (χ3v) is 4.68. The third kappa shape index (κ3) is 4.41.